The number of aromatic nitrogens is 3. The van der Waals surface area contributed by atoms with Crippen molar-refractivity contribution < 1.29 is 14.3 Å². The molecule has 2 aromatic carbocycles. The normalized spacial score (nSPS) is 11.5. The molecule has 0 saturated heterocycles. The molecule has 0 spiro atoms. The highest BCUT2D eigenvalue weighted by atomic mass is 16.5. The SMILES string of the molecule is C[C@H](OC(=O)Cn1nnc2ccccc21)C(=O)Nc1ccccc1C#N. The molecule has 0 aliphatic carbocycles. The molecule has 1 aromatic heterocycles. The van der Waals surface area contributed by atoms with Gasteiger partial charge in [-0.2, -0.15) is 5.26 Å². The van der Waals surface area contributed by atoms with Gasteiger partial charge in [0.15, 0.2) is 6.10 Å². The van der Waals surface area contributed by atoms with Gasteiger partial charge in [0.1, 0.15) is 18.1 Å². The zero-order chi connectivity index (χ0) is 18.5. The molecule has 0 unspecified atom stereocenters. The van der Waals surface area contributed by atoms with Crippen LogP contribution in [0, 0.1) is 11.3 Å². The Morgan fingerprint density at radius 1 is 1.23 bits per heavy atom. The molecule has 1 N–H and O–H groups in total. The lowest BCUT2D eigenvalue weighted by atomic mass is 10.2. The predicted molar refractivity (Wildman–Crippen MR) is 92.9 cm³/mol. The van der Waals surface area contributed by atoms with Gasteiger partial charge in [-0.25, -0.2) is 4.68 Å². The first-order valence-electron chi connectivity index (χ1n) is 7.86. The Bertz CT molecular complexity index is 1010. The number of para-hydroxylation sites is 2. The topological polar surface area (TPSA) is 110 Å². The number of nitrogens with one attached hydrogen (secondary N) is 1. The molecule has 8 heteroatoms. The van der Waals surface area contributed by atoms with Crippen molar-refractivity contribution in [3.63, 3.8) is 0 Å². The van der Waals surface area contributed by atoms with Gasteiger partial charge >= 0.3 is 5.97 Å². The van der Waals surface area contributed by atoms with Gasteiger partial charge in [0.25, 0.3) is 5.91 Å². The molecule has 3 rings (SSSR count). The molecule has 0 bridgehead atoms. The Labute approximate surface area is 149 Å². The van der Waals surface area contributed by atoms with Gasteiger partial charge in [-0.15, -0.1) is 5.10 Å². The second kappa shape index (κ2) is 7.44. The fraction of sp³-hybridized carbons (Fsp3) is 0.167. The summed E-state index contributed by atoms with van der Waals surface area (Å²) in [4.78, 5) is 24.3. The van der Waals surface area contributed by atoms with Crippen LogP contribution >= 0.6 is 0 Å². The van der Waals surface area contributed by atoms with Crippen molar-refractivity contribution in [3.05, 3.63) is 54.1 Å². The van der Waals surface area contributed by atoms with E-state index in [9.17, 15) is 9.59 Å². The number of fused-ring (bicyclic) bond motifs is 1. The smallest absolute Gasteiger partial charge is 0.328 e. The van der Waals surface area contributed by atoms with Crippen LogP contribution in [0.1, 0.15) is 12.5 Å². The highest BCUT2D eigenvalue weighted by Crippen LogP contribution is 2.14. The van der Waals surface area contributed by atoms with Crippen LogP contribution < -0.4 is 5.32 Å². The molecule has 130 valence electrons. The van der Waals surface area contributed by atoms with E-state index in [-0.39, 0.29) is 6.54 Å². The molecule has 3 aromatic rings. The lowest BCUT2D eigenvalue weighted by molar-refractivity contribution is -0.153. The zero-order valence-electron chi connectivity index (χ0n) is 13.9. The van der Waals surface area contributed by atoms with E-state index in [1.807, 2.05) is 18.2 Å². The first kappa shape index (κ1) is 17.1. The first-order chi connectivity index (χ1) is 12.6. The number of nitrogens with zero attached hydrogens (tertiary/aromatic N) is 4. The van der Waals surface area contributed by atoms with E-state index in [0.717, 1.165) is 0 Å². The summed E-state index contributed by atoms with van der Waals surface area (Å²) in [6.45, 7) is 1.30. The third-order valence-corrected chi connectivity index (χ3v) is 3.68. The number of hydrogen-bond acceptors (Lipinski definition) is 6. The Morgan fingerprint density at radius 3 is 2.77 bits per heavy atom. The van der Waals surface area contributed by atoms with Gasteiger partial charge in [0, 0.05) is 0 Å². The Kier molecular flexibility index (Phi) is 4.90. The summed E-state index contributed by atoms with van der Waals surface area (Å²) in [6.07, 6.45) is -1.02. The van der Waals surface area contributed by atoms with Gasteiger partial charge in [0.05, 0.1) is 16.8 Å². The summed E-state index contributed by atoms with van der Waals surface area (Å²) >= 11 is 0. The summed E-state index contributed by atoms with van der Waals surface area (Å²) < 4.78 is 6.57. The number of rotatable bonds is 5. The first-order valence-corrected chi connectivity index (χ1v) is 7.86. The molecule has 1 atom stereocenters. The van der Waals surface area contributed by atoms with Crippen molar-refractivity contribution in [1.29, 1.82) is 5.26 Å². The molecule has 0 radical (unpaired) electrons. The second-order valence-corrected chi connectivity index (χ2v) is 5.51. The third-order valence-electron chi connectivity index (χ3n) is 3.68. The van der Waals surface area contributed by atoms with E-state index < -0.39 is 18.0 Å². The fourth-order valence-corrected chi connectivity index (χ4v) is 2.37. The summed E-state index contributed by atoms with van der Waals surface area (Å²) in [5.74, 6) is -1.14. The number of hydrogen-bond donors (Lipinski definition) is 1. The standard InChI is InChI=1S/C18H15N5O3/c1-12(18(25)20-14-7-3-2-6-13(14)10-19)26-17(24)11-23-16-9-5-4-8-15(16)21-22-23/h2-9,12H,11H2,1H3,(H,20,25)/t12-/m0/s1. The number of ether oxygens (including phenoxy) is 1. The third kappa shape index (κ3) is 3.67. The van der Waals surface area contributed by atoms with E-state index in [0.29, 0.717) is 22.3 Å². The van der Waals surface area contributed by atoms with Crippen LogP contribution in [-0.2, 0) is 20.9 Å². The average molecular weight is 349 g/mol. The van der Waals surface area contributed by atoms with Gasteiger partial charge in [-0.3, -0.25) is 9.59 Å². The van der Waals surface area contributed by atoms with E-state index >= 15 is 0 Å². The highest BCUT2D eigenvalue weighted by molar-refractivity contribution is 5.96. The molecule has 0 fully saturated rings. The van der Waals surface area contributed by atoms with Crippen LogP contribution in [-0.4, -0.2) is 33.0 Å². The van der Waals surface area contributed by atoms with Gasteiger partial charge < -0.3 is 10.1 Å². The molecule has 26 heavy (non-hydrogen) atoms. The van der Waals surface area contributed by atoms with Crippen molar-refractivity contribution in [1.82, 2.24) is 15.0 Å². The Balaban J connectivity index is 1.62. The fourth-order valence-electron chi connectivity index (χ4n) is 2.37. The monoisotopic (exact) mass is 349 g/mol. The molecule has 1 heterocycles. The Morgan fingerprint density at radius 2 is 1.96 bits per heavy atom. The molecular formula is C18H15N5O3. The van der Waals surface area contributed by atoms with Crippen LogP contribution in [0.15, 0.2) is 48.5 Å². The highest BCUT2D eigenvalue weighted by Gasteiger charge is 2.20. The summed E-state index contributed by atoms with van der Waals surface area (Å²) in [6, 6.07) is 15.8. The van der Waals surface area contributed by atoms with Gasteiger partial charge in [-0.1, -0.05) is 29.5 Å². The van der Waals surface area contributed by atoms with Crippen LogP contribution in [0.4, 0.5) is 5.69 Å². The molecule has 0 aliphatic rings. The Hall–Kier alpha value is -3.73. The zero-order valence-corrected chi connectivity index (χ0v) is 13.9. The van der Waals surface area contributed by atoms with Crippen LogP contribution in [0.3, 0.4) is 0 Å². The summed E-state index contributed by atoms with van der Waals surface area (Å²) in [5.41, 5.74) is 2.06. The maximum absolute atomic E-state index is 12.2. The van der Waals surface area contributed by atoms with Crippen molar-refractivity contribution in [2.24, 2.45) is 0 Å². The number of amides is 1. The van der Waals surface area contributed by atoms with Crippen molar-refractivity contribution >= 4 is 28.6 Å². The predicted octanol–water partition coefficient (Wildman–Crippen LogP) is 1.87. The number of benzene rings is 2. The number of nitriles is 1. The number of carbonyl (C=O) groups is 2. The van der Waals surface area contributed by atoms with E-state index in [1.54, 1.807) is 36.4 Å². The minimum absolute atomic E-state index is 0.160. The lowest BCUT2D eigenvalue weighted by Gasteiger charge is -2.14. The van der Waals surface area contributed by atoms with Gasteiger partial charge in [0.2, 0.25) is 0 Å². The minimum atomic E-state index is -1.02. The molecule has 0 saturated carbocycles. The summed E-state index contributed by atoms with van der Waals surface area (Å²) in [5, 5.41) is 19.5. The largest absolute Gasteiger partial charge is 0.451 e. The molecule has 0 aliphatic heterocycles. The van der Waals surface area contributed by atoms with Crippen molar-refractivity contribution in [3.8, 4) is 6.07 Å². The van der Waals surface area contributed by atoms with E-state index in [2.05, 4.69) is 15.6 Å². The number of carbonyl (C=O) groups excluding carboxylic acids is 2. The number of esters is 1. The van der Waals surface area contributed by atoms with Crippen molar-refractivity contribution in [2.75, 3.05) is 5.32 Å². The maximum atomic E-state index is 12.2. The maximum Gasteiger partial charge on any atom is 0.328 e. The second-order valence-electron chi connectivity index (χ2n) is 5.51. The van der Waals surface area contributed by atoms with Crippen LogP contribution in [0.25, 0.3) is 11.0 Å². The van der Waals surface area contributed by atoms with Crippen LogP contribution in [0.5, 0.6) is 0 Å². The quantitative estimate of drug-likeness (QED) is 0.704. The van der Waals surface area contributed by atoms with Crippen molar-refractivity contribution in [2.45, 2.75) is 19.6 Å². The summed E-state index contributed by atoms with van der Waals surface area (Å²) in [7, 11) is 0. The van der Waals surface area contributed by atoms with E-state index in [1.165, 1.54) is 11.6 Å². The van der Waals surface area contributed by atoms with E-state index in [4.69, 9.17) is 10.00 Å². The van der Waals surface area contributed by atoms with Gasteiger partial charge in [-0.05, 0) is 31.2 Å². The molecule has 1 amide bonds. The lowest BCUT2D eigenvalue weighted by Crippen LogP contribution is -2.31. The molecular weight excluding hydrogens is 334 g/mol. The number of anilines is 1. The average Bonchev–Trinajstić information content (AvgIpc) is 3.05. The van der Waals surface area contributed by atoms with Crippen LogP contribution in [0.2, 0.25) is 0 Å². The minimum Gasteiger partial charge on any atom is -0.451 e. The molecule has 8 nitrogen and oxygen atoms in total.